The summed E-state index contributed by atoms with van der Waals surface area (Å²) in [5.74, 6) is 1.56. The minimum atomic E-state index is -3.14. The van der Waals surface area contributed by atoms with Crippen LogP contribution < -0.4 is 4.90 Å². The van der Waals surface area contributed by atoms with E-state index < -0.39 is 10.0 Å². The summed E-state index contributed by atoms with van der Waals surface area (Å²) in [7, 11) is -3.14. The number of H-pyrrole nitrogens is 1. The molecule has 0 unspecified atom stereocenters. The Morgan fingerprint density at radius 1 is 1.06 bits per heavy atom. The van der Waals surface area contributed by atoms with Gasteiger partial charge < -0.3 is 14.6 Å². The average molecular weight is 515 g/mol. The van der Waals surface area contributed by atoms with Gasteiger partial charge in [-0.05, 0) is 12.1 Å². The number of fused-ring (bicyclic) bond motifs is 2. The molecule has 35 heavy (non-hydrogen) atoms. The highest BCUT2D eigenvalue weighted by molar-refractivity contribution is 7.88. The van der Waals surface area contributed by atoms with Crippen LogP contribution in [0.1, 0.15) is 4.88 Å². The van der Waals surface area contributed by atoms with Gasteiger partial charge in [0.15, 0.2) is 17.3 Å². The highest BCUT2D eigenvalue weighted by Gasteiger charge is 2.25. The Morgan fingerprint density at radius 3 is 2.63 bits per heavy atom. The van der Waals surface area contributed by atoms with Crippen LogP contribution in [0.2, 0.25) is 0 Å². The zero-order valence-electron chi connectivity index (χ0n) is 19.3. The van der Waals surface area contributed by atoms with Crippen molar-refractivity contribution < 1.29 is 13.2 Å². The number of hydrogen-bond donors (Lipinski definition) is 1. The lowest BCUT2D eigenvalue weighted by molar-refractivity contribution is 0.122. The Labute approximate surface area is 206 Å². The fraction of sp³-hybridized carbons (Fsp3) is 0.455. The molecule has 2 aliphatic heterocycles. The van der Waals surface area contributed by atoms with Crippen LogP contribution in [0.15, 0.2) is 24.7 Å². The van der Waals surface area contributed by atoms with Gasteiger partial charge in [0, 0.05) is 62.5 Å². The second-order valence-corrected chi connectivity index (χ2v) is 12.0. The summed E-state index contributed by atoms with van der Waals surface area (Å²) in [6, 6.07) is 4.12. The SMILES string of the molecule is CS(=O)(=O)N1CCN(Cc2cc3nc(-c4cnc5nc[nH]c5c4)nc(N4CCOCC4)c3s2)CC1. The molecule has 1 N–H and O–H groups in total. The van der Waals surface area contributed by atoms with Crippen LogP contribution in [-0.2, 0) is 21.3 Å². The highest BCUT2D eigenvalue weighted by atomic mass is 32.2. The van der Waals surface area contributed by atoms with Gasteiger partial charge in [0.2, 0.25) is 10.0 Å². The molecule has 0 saturated carbocycles. The van der Waals surface area contributed by atoms with Crippen molar-refractivity contribution in [1.29, 1.82) is 0 Å². The number of ether oxygens (including phenoxy) is 1. The number of pyridine rings is 1. The summed E-state index contributed by atoms with van der Waals surface area (Å²) >= 11 is 1.71. The van der Waals surface area contributed by atoms with Gasteiger partial charge in [0.25, 0.3) is 0 Å². The lowest BCUT2D eigenvalue weighted by atomic mass is 10.2. The molecule has 2 aliphatic rings. The monoisotopic (exact) mass is 514 g/mol. The van der Waals surface area contributed by atoms with Crippen LogP contribution in [0.3, 0.4) is 0 Å². The molecule has 4 aromatic heterocycles. The predicted molar refractivity (Wildman–Crippen MR) is 135 cm³/mol. The zero-order chi connectivity index (χ0) is 24.0. The molecule has 184 valence electrons. The van der Waals surface area contributed by atoms with E-state index in [0.717, 1.165) is 46.7 Å². The minimum Gasteiger partial charge on any atom is -0.378 e. The number of piperazine rings is 1. The van der Waals surface area contributed by atoms with Crippen molar-refractivity contribution in [3.05, 3.63) is 29.5 Å². The Hall–Kier alpha value is -2.71. The van der Waals surface area contributed by atoms with Gasteiger partial charge in [-0.25, -0.2) is 28.4 Å². The summed E-state index contributed by atoms with van der Waals surface area (Å²) in [5.41, 5.74) is 3.26. The number of nitrogens with zero attached hydrogens (tertiary/aromatic N) is 7. The Morgan fingerprint density at radius 2 is 1.86 bits per heavy atom. The molecule has 0 bridgehead atoms. The van der Waals surface area contributed by atoms with Gasteiger partial charge in [0.05, 0.1) is 41.5 Å². The van der Waals surface area contributed by atoms with Crippen LogP contribution in [0.25, 0.3) is 32.8 Å². The summed E-state index contributed by atoms with van der Waals surface area (Å²) in [6.07, 6.45) is 4.67. The summed E-state index contributed by atoms with van der Waals surface area (Å²) < 4.78 is 31.9. The number of nitrogens with one attached hydrogen (secondary N) is 1. The number of sulfonamides is 1. The van der Waals surface area contributed by atoms with E-state index in [4.69, 9.17) is 14.7 Å². The molecule has 0 atom stereocenters. The fourth-order valence-corrected chi connectivity index (χ4v) is 6.53. The van der Waals surface area contributed by atoms with E-state index in [-0.39, 0.29) is 0 Å². The lowest BCUT2D eigenvalue weighted by Gasteiger charge is -2.32. The largest absolute Gasteiger partial charge is 0.378 e. The molecular formula is C22H26N8O3S2. The van der Waals surface area contributed by atoms with Crippen molar-refractivity contribution in [3.8, 4) is 11.4 Å². The summed E-state index contributed by atoms with van der Waals surface area (Å²) in [5, 5.41) is 0. The Kier molecular flexibility index (Phi) is 5.89. The molecule has 0 spiro atoms. The van der Waals surface area contributed by atoms with Gasteiger partial charge in [-0.2, -0.15) is 4.31 Å². The molecule has 2 saturated heterocycles. The van der Waals surface area contributed by atoms with E-state index in [1.165, 1.54) is 11.1 Å². The Balaban J connectivity index is 1.33. The van der Waals surface area contributed by atoms with Crippen molar-refractivity contribution in [2.75, 3.05) is 63.6 Å². The quantitative estimate of drug-likeness (QED) is 0.423. The number of morpholine rings is 1. The van der Waals surface area contributed by atoms with Crippen LogP contribution in [-0.4, -0.2) is 101 Å². The van der Waals surface area contributed by atoms with Crippen molar-refractivity contribution in [1.82, 2.24) is 34.1 Å². The van der Waals surface area contributed by atoms with Gasteiger partial charge in [0.1, 0.15) is 0 Å². The standard InChI is InChI=1S/C22H26N8O3S2/c1-35(31,32)30-4-2-28(3-5-30)13-16-11-17-19(34-16)22(29-6-8-33-9-7-29)27-20(26-17)15-10-18-21(23-12-15)25-14-24-18/h10-12,14H,2-9,13H2,1H3,(H,23,24,25). The fourth-order valence-electron chi connectivity index (χ4n) is 4.55. The third-order valence-corrected chi connectivity index (χ3v) is 8.83. The molecule has 11 nitrogen and oxygen atoms in total. The third kappa shape index (κ3) is 4.61. The van der Waals surface area contributed by atoms with Crippen molar-refractivity contribution in [2.24, 2.45) is 0 Å². The van der Waals surface area contributed by atoms with Crippen LogP contribution in [0.5, 0.6) is 0 Å². The molecular weight excluding hydrogens is 488 g/mol. The molecule has 0 aliphatic carbocycles. The predicted octanol–water partition coefficient (Wildman–Crippen LogP) is 1.54. The molecule has 13 heteroatoms. The number of aromatic nitrogens is 5. The maximum Gasteiger partial charge on any atom is 0.211 e. The normalized spacial score (nSPS) is 18.6. The Bertz CT molecular complexity index is 1470. The average Bonchev–Trinajstić information content (AvgIpc) is 3.49. The van der Waals surface area contributed by atoms with E-state index in [2.05, 4.69) is 30.8 Å². The molecule has 0 amide bonds. The molecule has 0 aromatic carbocycles. The summed E-state index contributed by atoms with van der Waals surface area (Å²) in [4.78, 5) is 27.4. The number of hydrogen-bond acceptors (Lipinski definition) is 10. The number of thiophene rings is 1. The lowest BCUT2D eigenvalue weighted by Crippen LogP contribution is -2.47. The van der Waals surface area contributed by atoms with E-state index in [1.54, 1.807) is 28.2 Å². The number of anilines is 1. The van der Waals surface area contributed by atoms with Gasteiger partial charge in [-0.15, -0.1) is 11.3 Å². The zero-order valence-corrected chi connectivity index (χ0v) is 21.0. The molecule has 4 aromatic rings. The number of rotatable bonds is 5. The second-order valence-electron chi connectivity index (χ2n) is 8.83. The molecule has 6 heterocycles. The summed E-state index contributed by atoms with van der Waals surface area (Å²) in [6.45, 7) is 6.14. The van der Waals surface area contributed by atoms with Gasteiger partial charge >= 0.3 is 0 Å². The first-order chi connectivity index (χ1) is 16.9. The number of aromatic amines is 1. The third-order valence-electron chi connectivity index (χ3n) is 6.43. The molecule has 2 fully saturated rings. The van der Waals surface area contributed by atoms with Crippen LogP contribution in [0.4, 0.5) is 5.82 Å². The van der Waals surface area contributed by atoms with Crippen molar-refractivity contribution >= 4 is 48.6 Å². The van der Waals surface area contributed by atoms with Crippen LogP contribution >= 0.6 is 11.3 Å². The first-order valence-corrected chi connectivity index (χ1v) is 14.2. The van der Waals surface area contributed by atoms with Gasteiger partial charge in [-0.1, -0.05) is 0 Å². The molecule has 6 rings (SSSR count). The maximum atomic E-state index is 11.8. The van der Waals surface area contributed by atoms with Gasteiger partial charge in [-0.3, -0.25) is 4.90 Å². The van der Waals surface area contributed by atoms with E-state index in [0.29, 0.717) is 50.9 Å². The molecule has 0 radical (unpaired) electrons. The first-order valence-electron chi connectivity index (χ1n) is 11.5. The van der Waals surface area contributed by atoms with Crippen LogP contribution in [0, 0.1) is 0 Å². The van der Waals surface area contributed by atoms with Crippen molar-refractivity contribution in [2.45, 2.75) is 6.54 Å². The minimum absolute atomic E-state index is 0.524. The second kappa shape index (κ2) is 9.06. The van der Waals surface area contributed by atoms with E-state index in [9.17, 15) is 8.42 Å². The van der Waals surface area contributed by atoms with Crippen molar-refractivity contribution in [3.63, 3.8) is 0 Å². The number of imidazole rings is 1. The maximum absolute atomic E-state index is 11.8. The van der Waals surface area contributed by atoms with E-state index in [1.807, 2.05) is 6.07 Å². The smallest absolute Gasteiger partial charge is 0.211 e. The van der Waals surface area contributed by atoms with E-state index >= 15 is 0 Å². The topological polar surface area (TPSA) is 120 Å². The first kappa shape index (κ1) is 22.7. The highest BCUT2D eigenvalue weighted by Crippen LogP contribution is 2.35.